The molecule has 0 radical (unpaired) electrons. The molecule has 35 heavy (non-hydrogen) atoms. The van der Waals surface area contributed by atoms with Gasteiger partial charge in [0, 0.05) is 12.1 Å². The number of nitriles is 1. The molecule has 1 unspecified atom stereocenters. The van der Waals surface area contributed by atoms with Gasteiger partial charge in [0.15, 0.2) is 5.84 Å². The van der Waals surface area contributed by atoms with Crippen LogP contribution in [0.5, 0.6) is 0 Å². The summed E-state index contributed by atoms with van der Waals surface area (Å²) in [6.45, 7) is 4.35. The lowest BCUT2D eigenvalue weighted by atomic mass is 9.83. The molecule has 0 spiro atoms. The average molecular weight is 471 g/mol. The number of aliphatic imine (C=N–C) groups is 1. The second-order valence-corrected chi connectivity index (χ2v) is 10.0. The van der Waals surface area contributed by atoms with Crippen LogP contribution in [0.15, 0.2) is 47.5 Å². The molecule has 0 aromatic heterocycles. The number of aryl methyl sites for hydroxylation is 1. The molecule has 0 bridgehead atoms. The number of carbonyl (C=O) groups excluding carboxylic acids is 1. The first-order chi connectivity index (χ1) is 17.0. The zero-order valence-electron chi connectivity index (χ0n) is 20.1. The number of rotatable bonds is 7. The van der Waals surface area contributed by atoms with Crippen molar-refractivity contribution >= 4 is 22.9 Å². The largest absolute Gasteiger partial charge is 0.337 e. The Labute approximate surface area is 206 Å². The summed E-state index contributed by atoms with van der Waals surface area (Å²) >= 11 is 0. The molecule has 1 aliphatic carbocycles. The van der Waals surface area contributed by atoms with Crippen molar-refractivity contribution in [2.45, 2.75) is 39.0 Å². The highest BCUT2D eigenvalue weighted by Crippen LogP contribution is 2.36. The average Bonchev–Trinajstić information content (AvgIpc) is 3.56. The van der Waals surface area contributed by atoms with E-state index in [-0.39, 0.29) is 11.3 Å². The number of halogens is 1. The summed E-state index contributed by atoms with van der Waals surface area (Å²) < 4.78 is 14.6. The SMILES string of the molecule is CC1C(=O)C(=NC[C@H]2CCNC2)NC(c2ccc(C#N)c(F)c2)=C1c1ccc(CCC2CC2)cc1. The van der Waals surface area contributed by atoms with E-state index >= 15 is 0 Å². The van der Waals surface area contributed by atoms with Crippen LogP contribution in [0.3, 0.4) is 0 Å². The molecule has 1 saturated heterocycles. The van der Waals surface area contributed by atoms with Crippen molar-refractivity contribution in [3.63, 3.8) is 0 Å². The highest BCUT2D eigenvalue weighted by molar-refractivity contribution is 6.45. The summed E-state index contributed by atoms with van der Waals surface area (Å²) in [5.74, 6) is 0.567. The summed E-state index contributed by atoms with van der Waals surface area (Å²) in [6.07, 6.45) is 6.04. The van der Waals surface area contributed by atoms with Crippen LogP contribution in [0.25, 0.3) is 11.3 Å². The van der Waals surface area contributed by atoms with E-state index in [4.69, 9.17) is 5.26 Å². The Morgan fingerprint density at radius 1 is 1.09 bits per heavy atom. The van der Waals surface area contributed by atoms with Gasteiger partial charge in [-0.15, -0.1) is 0 Å². The van der Waals surface area contributed by atoms with Crippen LogP contribution in [0.4, 0.5) is 4.39 Å². The van der Waals surface area contributed by atoms with Gasteiger partial charge in [0.1, 0.15) is 11.9 Å². The lowest BCUT2D eigenvalue weighted by Crippen LogP contribution is -2.40. The molecule has 5 rings (SSSR count). The molecular formula is C29H31FN4O. The van der Waals surface area contributed by atoms with Gasteiger partial charge in [-0.1, -0.05) is 50.1 Å². The van der Waals surface area contributed by atoms with Gasteiger partial charge in [0.25, 0.3) is 0 Å². The molecule has 2 atom stereocenters. The molecule has 3 aliphatic rings. The minimum atomic E-state index is -0.575. The predicted molar refractivity (Wildman–Crippen MR) is 136 cm³/mol. The molecule has 0 amide bonds. The number of nitrogens with zero attached hydrogens (tertiary/aromatic N) is 2. The third-order valence-corrected chi connectivity index (χ3v) is 7.42. The Hall–Kier alpha value is -3.30. The number of allylic oxidation sites excluding steroid dienone is 1. The second kappa shape index (κ2) is 10.1. The molecular weight excluding hydrogens is 439 g/mol. The Bertz CT molecular complexity index is 1210. The Morgan fingerprint density at radius 3 is 2.51 bits per heavy atom. The zero-order valence-corrected chi connectivity index (χ0v) is 20.1. The van der Waals surface area contributed by atoms with Crippen LogP contribution in [-0.4, -0.2) is 31.3 Å². The van der Waals surface area contributed by atoms with E-state index in [0.29, 0.717) is 29.6 Å². The summed E-state index contributed by atoms with van der Waals surface area (Å²) in [7, 11) is 0. The normalized spacial score (nSPS) is 23.5. The summed E-state index contributed by atoms with van der Waals surface area (Å²) in [5, 5.41) is 15.8. The maximum absolute atomic E-state index is 14.6. The minimum Gasteiger partial charge on any atom is -0.337 e. The molecule has 2 heterocycles. The second-order valence-electron chi connectivity index (χ2n) is 10.0. The topological polar surface area (TPSA) is 77.3 Å². The lowest BCUT2D eigenvalue weighted by molar-refractivity contribution is -0.114. The van der Waals surface area contributed by atoms with E-state index < -0.39 is 11.7 Å². The zero-order chi connectivity index (χ0) is 24.4. The lowest BCUT2D eigenvalue weighted by Gasteiger charge is -2.28. The first-order valence-electron chi connectivity index (χ1n) is 12.6. The minimum absolute atomic E-state index is 0.00141. The van der Waals surface area contributed by atoms with Crippen molar-refractivity contribution in [2.24, 2.45) is 22.7 Å². The maximum Gasteiger partial charge on any atom is 0.204 e. The first kappa shape index (κ1) is 23.4. The smallest absolute Gasteiger partial charge is 0.204 e. The quantitative estimate of drug-likeness (QED) is 0.614. The molecule has 6 heteroatoms. The van der Waals surface area contributed by atoms with Crippen LogP contribution in [-0.2, 0) is 11.2 Å². The standard InChI is InChI=1S/C29H31FN4O/c1-18-26(22-8-6-20(7-9-22)5-4-19-2-3-19)27(23-10-11-24(15-31)25(30)14-23)34-29(28(18)35)33-17-21-12-13-32-16-21/h6-11,14,18-19,21,32H,2-5,12-13,16-17H2,1H3,(H,33,34)/t18?,21-/m0/s1. The van der Waals surface area contributed by atoms with E-state index in [9.17, 15) is 9.18 Å². The third-order valence-electron chi connectivity index (χ3n) is 7.42. The number of nitrogens with one attached hydrogen (secondary N) is 2. The first-order valence-corrected chi connectivity index (χ1v) is 12.6. The Kier molecular flexibility index (Phi) is 6.79. The van der Waals surface area contributed by atoms with Crippen molar-refractivity contribution in [1.29, 1.82) is 5.26 Å². The van der Waals surface area contributed by atoms with Gasteiger partial charge >= 0.3 is 0 Å². The maximum atomic E-state index is 14.6. The molecule has 2 aliphatic heterocycles. The van der Waals surface area contributed by atoms with Gasteiger partial charge in [-0.05, 0) is 73.0 Å². The van der Waals surface area contributed by atoms with Crippen LogP contribution >= 0.6 is 0 Å². The number of hydrogen-bond acceptors (Lipinski definition) is 4. The monoisotopic (exact) mass is 470 g/mol. The highest BCUT2D eigenvalue weighted by Gasteiger charge is 2.33. The summed E-state index contributed by atoms with van der Waals surface area (Å²) in [6, 6.07) is 14.9. The molecule has 2 aromatic rings. The summed E-state index contributed by atoms with van der Waals surface area (Å²) in [5.41, 5.74) is 4.33. The molecule has 180 valence electrons. The Morgan fingerprint density at radius 2 is 1.86 bits per heavy atom. The number of hydrogen-bond donors (Lipinski definition) is 2. The Balaban J connectivity index is 1.51. The number of Topliss-reactive ketones (excluding diaryl/α,β-unsaturated/α-hetero) is 1. The number of ketones is 1. The molecule has 2 fully saturated rings. The molecule has 1 saturated carbocycles. The van der Waals surface area contributed by atoms with Gasteiger partial charge in [-0.2, -0.15) is 5.26 Å². The van der Waals surface area contributed by atoms with Crippen LogP contribution in [0.1, 0.15) is 54.9 Å². The predicted octanol–water partition coefficient (Wildman–Crippen LogP) is 4.72. The fraction of sp³-hybridized carbons (Fsp3) is 0.414. The fourth-order valence-corrected chi connectivity index (χ4v) is 5.02. The van der Waals surface area contributed by atoms with Crippen molar-refractivity contribution in [3.05, 3.63) is 70.5 Å². The van der Waals surface area contributed by atoms with E-state index in [1.807, 2.05) is 13.0 Å². The van der Waals surface area contributed by atoms with Crippen molar-refractivity contribution in [2.75, 3.05) is 19.6 Å². The number of benzene rings is 2. The van der Waals surface area contributed by atoms with Crippen LogP contribution < -0.4 is 10.6 Å². The van der Waals surface area contributed by atoms with Gasteiger partial charge in [0.2, 0.25) is 5.78 Å². The third kappa shape index (κ3) is 5.21. The van der Waals surface area contributed by atoms with E-state index in [0.717, 1.165) is 43.0 Å². The van der Waals surface area contributed by atoms with Gasteiger partial charge in [0.05, 0.1) is 17.2 Å². The van der Waals surface area contributed by atoms with E-state index in [1.54, 1.807) is 6.07 Å². The summed E-state index contributed by atoms with van der Waals surface area (Å²) in [4.78, 5) is 18.0. The highest BCUT2D eigenvalue weighted by atomic mass is 19.1. The fourth-order valence-electron chi connectivity index (χ4n) is 5.02. The molecule has 2 aromatic carbocycles. The van der Waals surface area contributed by atoms with Gasteiger partial charge < -0.3 is 10.6 Å². The van der Waals surface area contributed by atoms with Gasteiger partial charge in [-0.3, -0.25) is 9.79 Å². The van der Waals surface area contributed by atoms with Crippen LogP contribution in [0.2, 0.25) is 0 Å². The van der Waals surface area contributed by atoms with Crippen molar-refractivity contribution in [3.8, 4) is 6.07 Å². The van der Waals surface area contributed by atoms with Crippen molar-refractivity contribution in [1.82, 2.24) is 10.6 Å². The molecule has 5 nitrogen and oxygen atoms in total. The number of carbonyl (C=O) groups is 1. The molecule has 2 N–H and O–H groups in total. The van der Waals surface area contributed by atoms with Crippen LogP contribution in [0, 0.1) is 34.9 Å². The van der Waals surface area contributed by atoms with Crippen molar-refractivity contribution < 1.29 is 9.18 Å². The van der Waals surface area contributed by atoms with Gasteiger partial charge in [-0.25, -0.2) is 4.39 Å². The number of amidine groups is 1. The van der Waals surface area contributed by atoms with E-state index in [1.165, 1.54) is 37.0 Å². The van der Waals surface area contributed by atoms with E-state index in [2.05, 4.69) is 39.9 Å².